The third kappa shape index (κ3) is 3.70. The molecule has 3 rings (SSSR count). The molecule has 2 N–H and O–H groups in total. The molecule has 7 heteroatoms. The molecule has 1 aliphatic heterocycles. The third-order valence-corrected chi connectivity index (χ3v) is 4.44. The molecule has 1 unspecified atom stereocenters. The SMILES string of the molecule is CCOC(=O)c1nnc2ccccc2c1N1CCCC(CC(N)=O)C1. The van der Waals surface area contributed by atoms with Crippen molar-refractivity contribution >= 4 is 28.5 Å². The fourth-order valence-electron chi connectivity index (χ4n) is 3.42. The zero-order chi connectivity index (χ0) is 17.8. The number of ether oxygens (including phenoxy) is 1. The summed E-state index contributed by atoms with van der Waals surface area (Å²) >= 11 is 0. The highest BCUT2D eigenvalue weighted by atomic mass is 16.5. The van der Waals surface area contributed by atoms with E-state index in [1.165, 1.54) is 0 Å². The van der Waals surface area contributed by atoms with Crippen LogP contribution in [0, 0.1) is 5.92 Å². The number of piperidine rings is 1. The van der Waals surface area contributed by atoms with Gasteiger partial charge in [-0.15, -0.1) is 10.2 Å². The molecule has 1 amide bonds. The molecule has 7 nitrogen and oxygen atoms in total. The van der Waals surface area contributed by atoms with Crippen LogP contribution in [0.3, 0.4) is 0 Å². The molecule has 2 aromatic rings. The molecular weight excluding hydrogens is 320 g/mol. The molecule has 1 fully saturated rings. The second-order valence-corrected chi connectivity index (χ2v) is 6.26. The van der Waals surface area contributed by atoms with E-state index in [-0.39, 0.29) is 24.1 Å². The molecule has 0 saturated carbocycles. The Morgan fingerprint density at radius 2 is 2.12 bits per heavy atom. The van der Waals surface area contributed by atoms with Gasteiger partial charge in [0.25, 0.3) is 0 Å². The maximum absolute atomic E-state index is 12.4. The number of fused-ring (bicyclic) bond motifs is 1. The zero-order valence-electron chi connectivity index (χ0n) is 14.3. The van der Waals surface area contributed by atoms with Gasteiger partial charge in [-0.3, -0.25) is 4.79 Å². The number of esters is 1. The van der Waals surface area contributed by atoms with Crippen LogP contribution < -0.4 is 10.6 Å². The summed E-state index contributed by atoms with van der Waals surface area (Å²) in [6.45, 7) is 3.48. The molecule has 1 saturated heterocycles. The van der Waals surface area contributed by atoms with E-state index in [1.54, 1.807) is 6.92 Å². The standard InChI is InChI=1S/C18H22N4O3/c1-2-25-18(24)16-17(13-7-3-4-8-14(13)20-21-16)22-9-5-6-12(11-22)10-15(19)23/h3-4,7-8,12H,2,5-6,9-11H2,1H3,(H2,19,23). The first-order valence-electron chi connectivity index (χ1n) is 8.56. The van der Waals surface area contributed by atoms with Crippen LogP contribution in [0.5, 0.6) is 0 Å². The number of hydrogen-bond acceptors (Lipinski definition) is 6. The van der Waals surface area contributed by atoms with Crippen molar-refractivity contribution in [3.05, 3.63) is 30.0 Å². The maximum Gasteiger partial charge on any atom is 0.361 e. The molecule has 0 radical (unpaired) electrons. The molecule has 0 bridgehead atoms. The van der Waals surface area contributed by atoms with Crippen LogP contribution in [0.25, 0.3) is 10.9 Å². The highest BCUT2D eigenvalue weighted by Crippen LogP contribution is 2.32. The second kappa shape index (κ2) is 7.46. The summed E-state index contributed by atoms with van der Waals surface area (Å²) in [6, 6.07) is 7.59. The average Bonchev–Trinajstić information content (AvgIpc) is 2.60. The number of carbonyl (C=O) groups is 2. The van der Waals surface area contributed by atoms with Gasteiger partial charge >= 0.3 is 5.97 Å². The van der Waals surface area contributed by atoms with E-state index in [0.29, 0.717) is 13.0 Å². The fourth-order valence-corrected chi connectivity index (χ4v) is 3.42. The number of amides is 1. The summed E-state index contributed by atoms with van der Waals surface area (Å²) < 4.78 is 5.16. The van der Waals surface area contributed by atoms with E-state index in [2.05, 4.69) is 15.1 Å². The number of anilines is 1. The Hall–Kier alpha value is -2.70. The monoisotopic (exact) mass is 342 g/mol. The molecule has 25 heavy (non-hydrogen) atoms. The van der Waals surface area contributed by atoms with E-state index >= 15 is 0 Å². The van der Waals surface area contributed by atoms with E-state index in [4.69, 9.17) is 10.5 Å². The van der Waals surface area contributed by atoms with Crippen LogP contribution in [-0.4, -0.2) is 41.8 Å². The Kier molecular flexibility index (Phi) is 5.11. The second-order valence-electron chi connectivity index (χ2n) is 6.26. The van der Waals surface area contributed by atoms with Crippen LogP contribution in [0.4, 0.5) is 5.69 Å². The van der Waals surface area contributed by atoms with Gasteiger partial charge < -0.3 is 15.4 Å². The molecular formula is C18H22N4O3. The first-order chi connectivity index (χ1) is 12.1. The first-order valence-corrected chi connectivity index (χ1v) is 8.56. The average molecular weight is 342 g/mol. The van der Waals surface area contributed by atoms with Crippen molar-refractivity contribution in [1.29, 1.82) is 0 Å². The molecule has 0 aliphatic carbocycles. The van der Waals surface area contributed by atoms with Gasteiger partial charge in [-0.1, -0.05) is 18.2 Å². The van der Waals surface area contributed by atoms with Gasteiger partial charge in [-0.05, 0) is 31.7 Å². The molecule has 1 aromatic carbocycles. The fraction of sp³-hybridized carbons (Fsp3) is 0.444. The van der Waals surface area contributed by atoms with Crippen molar-refractivity contribution in [2.24, 2.45) is 11.7 Å². The number of carbonyl (C=O) groups excluding carboxylic acids is 2. The summed E-state index contributed by atoms with van der Waals surface area (Å²) in [4.78, 5) is 25.8. The van der Waals surface area contributed by atoms with Crippen LogP contribution in [0.2, 0.25) is 0 Å². The Bertz CT molecular complexity index is 793. The van der Waals surface area contributed by atoms with E-state index < -0.39 is 5.97 Å². The van der Waals surface area contributed by atoms with Gasteiger partial charge in [0.1, 0.15) is 0 Å². The van der Waals surface area contributed by atoms with Crippen molar-refractivity contribution in [3.63, 3.8) is 0 Å². The number of nitrogens with zero attached hydrogens (tertiary/aromatic N) is 3. The minimum Gasteiger partial charge on any atom is -0.461 e. The minimum atomic E-state index is -0.479. The summed E-state index contributed by atoms with van der Waals surface area (Å²) in [5.41, 5.74) is 7.04. The lowest BCUT2D eigenvalue weighted by atomic mass is 9.93. The maximum atomic E-state index is 12.4. The third-order valence-electron chi connectivity index (χ3n) is 4.44. The lowest BCUT2D eigenvalue weighted by Crippen LogP contribution is -2.38. The van der Waals surface area contributed by atoms with Crippen LogP contribution in [-0.2, 0) is 9.53 Å². The smallest absolute Gasteiger partial charge is 0.361 e. The predicted octanol–water partition coefficient (Wildman–Crippen LogP) is 1.90. The van der Waals surface area contributed by atoms with Gasteiger partial charge in [0.05, 0.1) is 17.8 Å². The molecule has 1 atom stereocenters. The normalized spacial score (nSPS) is 17.5. The Balaban J connectivity index is 2.04. The number of nitrogens with two attached hydrogens (primary N) is 1. The van der Waals surface area contributed by atoms with Crippen LogP contribution in [0.15, 0.2) is 24.3 Å². The van der Waals surface area contributed by atoms with Crippen molar-refractivity contribution in [2.75, 3.05) is 24.6 Å². The minimum absolute atomic E-state index is 0.174. The van der Waals surface area contributed by atoms with Crippen molar-refractivity contribution in [2.45, 2.75) is 26.2 Å². The largest absolute Gasteiger partial charge is 0.461 e. The Labute approximate surface area is 146 Å². The van der Waals surface area contributed by atoms with E-state index in [9.17, 15) is 9.59 Å². The number of hydrogen-bond donors (Lipinski definition) is 1. The van der Waals surface area contributed by atoms with Crippen molar-refractivity contribution in [1.82, 2.24) is 10.2 Å². The predicted molar refractivity (Wildman–Crippen MR) is 94.2 cm³/mol. The van der Waals surface area contributed by atoms with Crippen LogP contribution >= 0.6 is 0 Å². The van der Waals surface area contributed by atoms with Gasteiger partial charge in [0, 0.05) is 24.9 Å². The first kappa shape index (κ1) is 17.1. The van der Waals surface area contributed by atoms with E-state index in [0.717, 1.165) is 36.0 Å². The Morgan fingerprint density at radius 3 is 2.88 bits per heavy atom. The molecule has 132 valence electrons. The molecule has 1 aromatic heterocycles. The summed E-state index contributed by atoms with van der Waals surface area (Å²) in [6.07, 6.45) is 2.23. The summed E-state index contributed by atoms with van der Waals surface area (Å²) in [5.74, 6) is -0.601. The zero-order valence-corrected chi connectivity index (χ0v) is 14.3. The lowest BCUT2D eigenvalue weighted by molar-refractivity contribution is -0.118. The molecule has 0 spiro atoms. The van der Waals surface area contributed by atoms with Gasteiger partial charge in [0.15, 0.2) is 5.69 Å². The van der Waals surface area contributed by atoms with Crippen LogP contribution in [0.1, 0.15) is 36.7 Å². The van der Waals surface area contributed by atoms with E-state index in [1.807, 2.05) is 24.3 Å². The number of primary amides is 1. The number of benzene rings is 1. The molecule has 2 heterocycles. The van der Waals surface area contributed by atoms with Crippen molar-refractivity contribution < 1.29 is 14.3 Å². The highest BCUT2D eigenvalue weighted by molar-refractivity contribution is 6.03. The van der Waals surface area contributed by atoms with Gasteiger partial charge in [-0.25, -0.2) is 4.79 Å². The summed E-state index contributed by atoms with van der Waals surface area (Å²) in [5, 5.41) is 9.15. The lowest BCUT2D eigenvalue weighted by Gasteiger charge is -2.35. The number of aromatic nitrogens is 2. The highest BCUT2D eigenvalue weighted by Gasteiger charge is 2.28. The quantitative estimate of drug-likeness (QED) is 0.833. The molecule has 1 aliphatic rings. The van der Waals surface area contributed by atoms with Gasteiger partial charge in [0.2, 0.25) is 5.91 Å². The topological polar surface area (TPSA) is 98.4 Å². The Morgan fingerprint density at radius 1 is 1.32 bits per heavy atom. The van der Waals surface area contributed by atoms with Gasteiger partial charge in [-0.2, -0.15) is 0 Å². The number of rotatable bonds is 5. The van der Waals surface area contributed by atoms with Crippen molar-refractivity contribution in [3.8, 4) is 0 Å². The summed E-state index contributed by atoms with van der Waals surface area (Å²) in [7, 11) is 0.